The van der Waals surface area contributed by atoms with Crippen molar-refractivity contribution in [2.45, 2.75) is 109 Å². The van der Waals surface area contributed by atoms with Crippen LogP contribution >= 0.6 is 0 Å². The van der Waals surface area contributed by atoms with Gasteiger partial charge in [-0.05, 0) is 111 Å². The predicted octanol–water partition coefficient (Wildman–Crippen LogP) is 5.21. The Balaban J connectivity index is 1.56. The van der Waals surface area contributed by atoms with Crippen molar-refractivity contribution in [3.8, 4) is 5.75 Å². The number of rotatable bonds is 7. The quantitative estimate of drug-likeness (QED) is 0.314. The summed E-state index contributed by atoms with van der Waals surface area (Å²) in [5, 5.41) is 0. The summed E-state index contributed by atoms with van der Waals surface area (Å²) in [7, 11) is 5.78. The molecule has 3 fully saturated rings. The number of amides is 1. The Morgan fingerprint density at radius 1 is 0.905 bits per heavy atom. The van der Waals surface area contributed by atoms with Crippen molar-refractivity contribution in [1.82, 2.24) is 9.80 Å². The third-order valence-corrected chi connectivity index (χ3v) is 8.40. The number of methoxy groups -OCH3 is 1. The van der Waals surface area contributed by atoms with Crippen molar-refractivity contribution in [2.24, 2.45) is 11.3 Å². The summed E-state index contributed by atoms with van der Waals surface area (Å²) in [4.78, 5) is 43.5. The highest BCUT2D eigenvalue weighted by atomic mass is 16.7. The topological polar surface area (TPSA) is 104 Å². The van der Waals surface area contributed by atoms with E-state index in [1.54, 1.807) is 48.7 Å². The number of nitrogens with zero attached hydrogens (tertiary/aromatic N) is 2. The summed E-state index contributed by atoms with van der Waals surface area (Å²) in [5.41, 5.74) is -0.403. The van der Waals surface area contributed by atoms with Gasteiger partial charge >= 0.3 is 18.2 Å². The number of likely N-dealkylation sites (tertiary alicyclic amines) is 1. The molecule has 0 N–H and O–H groups in total. The number of carbonyl (C=O) groups is 3. The van der Waals surface area contributed by atoms with E-state index in [-0.39, 0.29) is 23.8 Å². The summed E-state index contributed by atoms with van der Waals surface area (Å²) in [5.74, 6) is 0.171. The average Bonchev–Trinajstić information content (AvgIpc) is 3.11. The van der Waals surface area contributed by atoms with E-state index < -0.39 is 41.7 Å². The molecule has 0 unspecified atom stereocenters. The zero-order valence-corrected chi connectivity index (χ0v) is 26.6. The van der Waals surface area contributed by atoms with E-state index in [0.29, 0.717) is 18.2 Å². The van der Waals surface area contributed by atoms with E-state index >= 15 is 0 Å². The highest BCUT2D eigenvalue weighted by Crippen LogP contribution is 2.60. The molecule has 42 heavy (non-hydrogen) atoms. The van der Waals surface area contributed by atoms with Gasteiger partial charge in [0, 0.05) is 6.04 Å². The van der Waals surface area contributed by atoms with Crippen LogP contribution in [0.3, 0.4) is 0 Å². The van der Waals surface area contributed by atoms with Gasteiger partial charge < -0.3 is 28.6 Å². The van der Waals surface area contributed by atoms with E-state index in [1.807, 2.05) is 24.3 Å². The lowest BCUT2D eigenvalue weighted by Gasteiger charge is -2.58. The highest BCUT2D eigenvalue weighted by Gasteiger charge is 2.57. The van der Waals surface area contributed by atoms with Gasteiger partial charge in [-0.25, -0.2) is 9.59 Å². The normalized spacial score (nSPS) is 29.0. The first kappa shape index (κ1) is 31.9. The van der Waals surface area contributed by atoms with Gasteiger partial charge in [-0.2, -0.15) is 0 Å². The van der Waals surface area contributed by atoms with E-state index in [4.69, 9.17) is 23.7 Å². The van der Waals surface area contributed by atoms with Gasteiger partial charge in [-0.3, -0.25) is 9.69 Å². The maximum atomic E-state index is 13.5. The monoisotopic (exact) mass is 588 g/mol. The maximum absolute atomic E-state index is 13.5. The molecule has 4 rings (SSSR count). The molecular formula is C32H48N2O8. The van der Waals surface area contributed by atoms with Crippen LogP contribution < -0.4 is 4.74 Å². The van der Waals surface area contributed by atoms with Crippen LogP contribution in [-0.4, -0.2) is 91.3 Å². The first-order chi connectivity index (χ1) is 19.5. The Kier molecular flexibility index (Phi) is 9.07. The Hall–Kier alpha value is -3.01. The van der Waals surface area contributed by atoms with Crippen molar-refractivity contribution in [1.29, 1.82) is 0 Å². The first-order valence-corrected chi connectivity index (χ1v) is 14.9. The number of hydrogen-bond acceptors (Lipinski definition) is 9. The summed E-state index contributed by atoms with van der Waals surface area (Å²) in [6.45, 7) is 10.6. The average molecular weight is 589 g/mol. The lowest BCUT2D eigenvalue weighted by atomic mass is 9.50. The summed E-state index contributed by atoms with van der Waals surface area (Å²) >= 11 is 0. The van der Waals surface area contributed by atoms with Crippen molar-refractivity contribution in [3.05, 3.63) is 29.8 Å². The first-order valence-electron chi connectivity index (χ1n) is 14.9. The van der Waals surface area contributed by atoms with Gasteiger partial charge in [0.25, 0.3) is 0 Å². The minimum absolute atomic E-state index is 0.00600. The molecule has 10 nitrogen and oxygen atoms in total. The van der Waals surface area contributed by atoms with Crippen LogP contribution in [0.1, 0.15) is 72.8 Å². The van der Waals surface area contributed by atoms with Gasteiger partial charge in [0.1, 0.15) is 17.0 Å². The second kappa shape index (κ2) is 11.9. The smallest absolute Gasteiger partial charge is 0.497 e. The fourth-order valence-electron chi connectivity index (χ4n) is 6.30. The molecular weight excluding hydrogens is 540 g/mol. The Morgan fingerprint density at radius 2 is 1.50 bits per heavy atom. The molecule has 0 bridgehead atoms. The van der Waals surface area contributed by atoms with Gasteiger partial charge in [0.2, 0.25) is 0 Å². The molecule has 2 saturated carbocycles. The third-order valence-electron chi connectivity index (χ3n) is 8.40. The SMILES string of the molecule is COc1ccc(C[C@@H]2[C@H](OC(=O)C3CC4(C3)CC(N(C)C)C4)[C@@H](OC(=O)OC(C)(C)C)CN2C(=O)OC(C)(C)C)cc1. The van der Waals surface area contributed by atoms with Crippen LogP contribution in [-0.2, 0) is 30.2 Å². The van der Waals surface area contributed by atoms with Crippen LogP contribution in [0, 0.1) is 11.3 Å². The van der Waals surface area contributed by atoms with Crippen molar-refractivity contribution < 1.29 is 38.1 Å². The minimum atomic E-state index is -0.921. The largest absolute Gasteiger partial charge is 0.509 e. The van der Waals surface area contributed by atoms with E-state index in [2.05, 4.69) is 19.0 Å². The fourth-order valence-corrected chi connectivity index (χ4v) is 6.30. The van der Waals surface area contributed by atoms with E-state index in [0.717, 1.165) is 31.2 Å². The molecule has 234 valence electrons. The molecule has 1 aromatic rings. The zero-order chi connectivity index (χ0) is 31.0. The van der Waals surface area contributed by atoms with Gasteiger partial charge in [0.05, 0.1) is 25.6 Å². The molecule has 3 aliphatic rings. The van der Waals surface area contributed by atoms with E-state index in [1.165, 1.54) is 4.90 Å². The third kappa shape index (κ3) is 7.68. The van der Waals surface area contributed by atoms with Crippen molar-refractivity contribution >= 4 is 18.2 Å². The number of ether oxygens (including phenoxy) is 5. The lowest BCUT2D eigenvalue weighted by Crippen LogP contribution is -2.56. The lowest BCUT2D eigenvalue weighted by molar-refractivity contribution is -0.176. The molecule has 1 aliphatic heterocycles. The summed E-state index contributed by atoms with van der Waals surface area (Å²) in [6, 6.07) is 7.41. The molecule has 1 spiro atoms. The summed E-state index contributed by atoms with van der Waals surface area (Å²) < 4.78 is 28.4. The maximum Gasteiger partial charge on any atom is 0.509 e. The van der Waals surface area contributed by atoms with Crippen molar-refractivity contribution in [3.63, 3.8) is 0 Å². The molecule has 1 amide bonds. The van der Waals surface area contributed by atoms with E-state index in [9.17, 15) is 14.4 Å². The second-order valence-electron chi connectivity index (χ2n) is 14.4. The Bertz CT molecular complexity index is 1120. The predicted molar refractivity (Wildman–Crippen MR) is 156 cm³/mol. The summed E-state index contributed by atoms with van der Waals surface area (Å²) in [6.07, 6.45) is 0.850. The van der Waals surface area contributed by atoms with Crippen LogP contribution in [0.15, 0.2) is 24.3 Å². The molecule has 0 radical (unpaired) electrons. The Morgan fingerprint density at radius 3 is 2.02 bits per heavy atom. The van der Waals surface area contributed by atoms with Crippen LogP contribution in [0.25, 0.3) is 0 Å². The molecule has 10 heteroatoms. The van der Waals surface area contributed by atoms with Gasteiger partial charge in [-0.15, -0.1) is 0 Å². The van der Waals surface area contributed by atoms with Crippen LogP contribution in [0.5, 0.6) is 5.75 Å². The number of benzene rings is 1. The molecule has 3 atom stereocenters. The zero-order valence-electron chi connectivity index (χ0n) is 26.6. The van der Waals surface area contributed by atoms with Crippen LogP contribution in [0.2, 0.25) is 0 Å². The highest BCUT2D eigenvalue weighted by molar-refractivity contribution is 5.75. The van der Waals surface area contributed by atoms with Crippen molar-refractivity contribution in [2.75, 3.05) is 27.7 Å². The fraction of sp³-hybridized carbons (Fsp3) is 0.719. The molecule has 0 aromatic heterocycles. The molecule has 1 saturated heterocycles. The molecule has 1 aromatic carbocycles. The Labute approximate surface area is 249 Å². The van der Waals surface area contributed by atoms with Gasteiger partial charge in [-0.1, -0.05) is 12.1 Å². The standard InChI is InChI=1S/C32H48N2O8/c1-30(2,3)41-28(36)34-19-25(39-29(37)42-31(4,5)6)26(24(34)14-20-10-12-23(38-9)13-11-20)40-27(35)21-15-32(16-21)17-22(18-32)33(7)8/h10-13,21-22,24-26H,14-19H2,1-9H3/t21?,22?,24-,25+,26+,32?/m1/s1. The number of hydrogen-bond donors (Lipinski definition) is 0. The van der Waals surface area contributed by atoms with Gasteiger partial charge in [0.15, 0.2) is 12.2 Å². The van der Waals surface area contributed by atoms with Crippen LogP contribution in [0.4, 0.5) is 9.59 Å². The minimum Gasteiger partial charge on any atom is -0.497 e. The molecule has 1 heterocycles. The molecule has 2 aliphatic carbocycles. The number of carbonyl (C=O) groups excluding carboxylic acids is 3. The second-order valence-corrected chi connectivity index (χ2v) is 14.4. The number of esters is 1.